The normalized spacial score (nSPS) is 21.1. The second-order valence-electron chi connectivity index (χ2n) is 8.44. The second kappa shape index (κ2) is 7.88. The molecule has 1 aromatic heterocycles. The minimum Gasteiger partial charge on any atom is -0.495 e. The summed E-state index contributed by atoms with van der Waals surface area (Å²) in [7, 11) is 1.64. The molecule has 33 heavy (non-hydrogen) atoms. The number of ether oxygens (including phenoxy) is 1. The van der Waals surface area contributed by atoms with Crippen LogP contribution in [0.3, 0.4) is 0 Å². The molecular formula is C25H24FN5O2. The van der Waals surface area contributed by atoms with Gasteiger partial charge in [-0.2, -0.15) is 0 Å². The van der Waals surface area contributed by atoms with E-state index in [1.807, 2.05) is 48.9 Å². The van der Waals surface area contributed by atoms with Gasteiger partial charge in [-0.1, -0.05) is 18.2 Å². The number of hydrogen-bond acceptors (Lipinski definition) is 4. The molecule has 8 heteroatoms. The Kier molecular flexibility index (Phi) is 5.00. The molecule has 1 N–H and O–H groups in total. The van der Waals surface area contributed by atoms with Crippen LogP contribution in [0.5, 0.6) is 5.75 Å². The minimum atomic E-state index is -0.687. The van der Waals surface area contributed by atoms with E-state index in [0.29, 0.717) is 24.7 Å². The summed E-state index contributed by atoms with van der Waals surface area (Å²) in [6.45, 7) is 4.66. The van der Waals surface area contributed by atoms with Gasteiger partial charge >= 0.3 is 6.03 Å². The zero-order valence-corrected chi connectivity index (χ0v) is 18.7. The Morgan fingerprint density at radius 1 is 1.21 bits per heavy atom. The van der Waals surface area contributed by atoms with Crippen molar-refractivity contribution in [1.82, 2.24) is 19.8 Å². The number of benzene rings is 2. The number of imidazole rings is 1. The molecule has 0 spiro atoms. The monoisotopic (exact) mass is 445 g/mol. The average molecular weight is 445 g/mol. The van der Waals surface area contributed by atoms with Crippen molar-refractivity contribution in [3.05, 3.63) is 83.2 Å². The van der Waals surface area contributed by atoms with Crippen LogP contribution in [0.25, 0.3) is 11.8 Å². The third-order valence-electron chi connectivity index (χ3n) is 6.16. The molecule has 0 saturated carbocycles. The number of carbonyl (C=O) groups excluding carboxylic acids is 1. The lowest BCUT2D eigenvalue weighted by atomic mass is 9.90. The first-order valence-corrected chi connectivity index (χ1v) is 10.7. The number of halogens is 1. The molecule has 3 aromatic rings. The van der Waals surface area contributed by atoms with Crippen LogP contribution in [0.1, 0.15) is 23.7 Å². The Morgan fingerprint density at radius 3 is 2.70 bits per heavy atom. The number of fused-ring (bicyclic) bond motifs is 1. The van der Waals surface area contributed by atoms with Gasteiger partial charge in [-0.3, -0.25) is 9.89 Å². The Labute approximate surface area is 191 Å². The van der Waals surface area contributed by atoms with Crippen molar-refractivity contribution < 1.29 is 13.9 Å². The van der Waals surface area contributed by atoms with Crippen LogP contribution in [0.15, 0.2) is 65.6 Å². The lowest BCUT2D eigenvalue weighted by Crippen LogP contribution is -2.57. The smallest absolute Gasteiger partial charge is 0.324 e. The first kappa shape index (κ1) is 20.9. The quantitative estimate of drug-likeness (QED) is 0.658. The Balaban J connectivity index is 1.49. The summed E-state index contributed by atoms with van der Waals surface area (Å²) >= 11 is 0. The highest BCUT2D eigenvalue weighted by Crippen LogP contribution is 2.37. The van der Waals surface area contributed by atoms with E-state index < -0.39 is 5.54 Å². The predicted octanol–water partition coefficient (Wildman–Crippen LogP) is 4.06. The Bertz CT molecular complexity index is 1290. The maximum absolute atomic E-state index is 13.5. The van der Waals surface area contributed by atoms with Gasteiger partial charge in [-0.05, 0) is 55.3 Å². The lowest BCUT2D eigenvalue weighted by Gasteiger charge is -2.39. The molecule has 0 radical (unpaired) electrons. The minimum absolute atomic E-state index is 0.210. The fourth-order valence-corrected chi connectivity index (χ4v) is 4.39. The molecule has 1 atom stereocenters. The number of aliphatic imine (C=N–C) groups is 1. The van der Waals surface area contributed by atoms with Crippen LogP contribution in [-0.2, 0) is 5.54 Å². The molecule has 168 valence electrons. The average Bonchev–Trinajstić information content (AvgIpc) is 3.40. The number of nitrogens with one attached hydrogen (secondary N) is 1. The van der Waals surface area contributed by atoms with E-state index in [1.165, 1.54) is 12.1 Å². The SMILES string of the molecule is COc1cc(C=C2CNC(=O)N3C2=NCC3(C)c2ccc(F)cc2)ccc1-n1cnc(C)c1. The Hall–Kier alpha value is -3.94. The van der Waals surface area contributed by atoms with E-state index in [1.54, 1.807) is 30.5 Å². The summed E-state index contributed by atoms with van der Waals surface area (Å²) in [6.07, 6.45) is 5.70. The number of amidine groups is 1. The fourth-order valence-electron chi connectivity index (χ4n) is 4.39. The highest BCUT2D eigenvalue weighted by molar-refractivity contribution is 6.14. The highest BCUT2D eigenvalue weighted by atomic mass is 19.1. The number of urea groups is 1. The van der Waals surface area contributed by atoms with Gasteiger partial charge in [-0.25, -0.2) is 14.2 Å². The summed E-state index contributed by atoms with van der Waals surface area (Å²) in [5.74, 6) is 1.04. The molecule has 2 aliphatic rings. The molecule has 1 unspecified atom stereocenters. The first-order valence-electron chi connectivity index (χ1n) is 10.7. The van der Waals surface area contributed by atoms with E-state index in [9.17, 15) is 9.18 Å². The van der Waals surface area contributed by atoms with Crippen LogP contribution >= 0.6 is 0 Å². The van der Waals surface area contributed by atoms with Gasteiger partial charge in [0.05, 0.1) is 36.9 Å². The van der Waals surface area contributed by atoms with Crippen molar-refractivity contribution in [2.75, 3.05) is 20.2 Å². The molecule has 0 aliphatic carbocycles. The molecule has 7 nitrogen and oxygen atoms in total. The molecule has 2 amide bonds. The zero-order valence-electron chi connectivity index (χ0n) is 18.7. The molecule has 2 aliphatic heterocycles. The van der Waals surface area contributed by atoms with Gasteiger partial charge in [0.1, 0.15) is 17.4 Å². The Morgan fingerprint density at radius 2 is 2.00 bits per heavy atom. The summed E-state index contributed by atoms with van der Waals surface area (Å²) in [6, 6.07) is 12.0. The van der Waals surface area contributed by atoms with Crippen molar-refractivity contribution in [3.63, 3.8) is 0 Å². The van der Waals surface area contributed by atoms with Gasteiger partial charge < -0.3 is 14.6 Å². The van der Waals surface area contributed by atoms with E-state index in [-0.39, 0.29) is 11.8 Å². The number of amides is 2. The van der Waals surface area contributed by atoms with Gasteiger partial charge in [0.2, 0.25) is 0 Å². The zero-order chi connectivity index (χ0) is 23.2. The van der Waals surface area contributed by atoms with Crippen molar-refractivity contribution in [3.8, 4) is 11.4 Å². The number of aromatic nitrogens is 2. The summed E-state index contributed by atoms with van der Waals surface area (Å²) < 4.78 is 21.0. The van der Waals surface area contributed by atoms with Crippen LogP contribution < -0.4 is 10.1 Å². The number of nitrogens with zero attached hydrogens (tertiary/aromatic N) is 4. The largest absolute Gasteiger partial charge is 0.495 e. The van der Waals surface area contributed by atoms with Gasteiger partial charge in [-0.15, -0.1) is 0 Å². The number of rotatable bonds is 4. The number of methoxy groups -OCH3 is 1. The number of aryl methyl sites for hydroxylation is 1. The van der Waals surface area contributed by atoms with E-state index in [2.05, 4.69) is 10.3 Å². The van der Waals surface area contributed by atoms with E-state index >= 15 is 0 Å². The molecular weight excluding hydrogens is 421 g/mol. The van der Waals surface area contributed by atoms with Crippen molar-refractivity contribution in [1.29, 1.82) is 0 Å². The molecule has 0 bridgehead atoms. The number of carbonyl (C=O) groups is 1. The third-order valence-corrected chi connectivity index (χ3v) is 6.16. The molecule has 5 rings (SSSR count). The maximum atomic E-state index is 13.5. The predicted molar refractivity (Wildman–Crippen MR) is 124 cm³/mol. The van der Waals surface area contributed by atoms with Gasteiger partial charge in [0, 0.05) is 18.3 Å². The summed E-state index contributed by atoms with van der Waals surface area (Å²) in [5, 5.41) is 2.95. The highest BCUT2D eigenvalue weighted by Gasteiger charge is 2.47. The van der Waals surface area contributed by atoms with Crippen LogP contribution in [0.4, 0.5) is 9.18 Å². The fraction of sp³-hybridized carbons (Fsp3) is 0.240. The number of hydrogen-bond donors (Lipinski definition) is 1. The van der Waals surface area contributed by atoms with Gasteiger partial charge in [0.15, 0.2) is 0 Å². The van der Waals surface area contributed by atoms with Gasteiger partial charge in [0.25, 0.3) is 0 Å². The third kappa shape index (κ3) is 3.57. The lowest BCUT2D eigenvalue weighted by molar-refractivity contribution is 0.185. The topological polar surface area (TPSA) is 71.8 Å². The molecule has 2 aromatic carbocycles. The van der Waals surface area contributed by atoms with Crippen molar-refractivity contribution in [2.24, 2.45) is 4.99 Å². The summed E-state index contributed by atoms with van der Waals surface area (Å²) in [5.41, 5.74) is 3.78. The van der Waals surface area contributed by atoms with Crippen LogP contribution in [-0.4, -0.2) is 46.5 Å². The van der Waals surface area contributed by atoms with E-state index in [0.717, 1.165) is 28.1 Å². The standard InChI is InChI=1S/C25H24FN5O2/c1-16-13-30(15-29-16)21-9-4-17(11-22(21)33-3)10-18-12-27-24(32)31-23(18)28-14-25(31,2)19-5-7-20(26)8-6-19/h4-11,13,15H,12,14H2,1-3H3,(H,27,32). The molecule has 3 heterocycles. The first-order chi connectivity index (χ1) is 15.9. The van der Waals surface area contributed by atoms with Crippen LogP contribution in [0, 0.1) is 12.7 Å². The van der Waals surface area contributed by atoms with Crippen LogP contribution in [0.2, 0.25) is 0 Å². The van der Waals surface area contributed by atoms with E-state index in [4.69, 9.17) is 9.73 Å². The maximum Gasteiger partial charge on any atom is 0.324 e. The molecule has 1 saturated heterocycles. The molecule has 1 fully saturated rings. The second-order valence-corrected chi connectivity index (χ2v) is 8.44. The summed E-state index contributed by atoms with van der Waals surface area (Å²) in [4.78, 5) is 23.5. The van der Waals surface area contributed by atoms with Crippen molar-refractivity contribution in [2.45, 2.75) is 19.4 Å². The van der Waals surface area contributed by atoms with Crippen molar-refractivity contribution >= 4 is 17.9 Å².